The van der Waals surface area contributed by atoms with Crippen LogP contribution in [0, 0.1) is 0 Å². The van der Waals surface area contributed by atoms with E-state index in [1.54, 1.807) is 0 Å². The van der Waals surface area contributed by atoms with Crippen LogP contribution in [0.4, 0.5) is 0 Å². The lowest BCUT2D eigenvalue weighted by Crippen LogP contribution is -2.31. The van der Waals surface area contributed by atoms with Crippen molar-refractivity contribution in [2.75, 3.05) is 13.2 Å². The molecule has 0 amide bonds. The lowest BCUT2D eigenvalue weighted by atomic mass is 10.1. The zero-order valence-electron chi connectivity index (χ0n) is 29.0. The van der Waals surface area contributed by atoms with Gasteiger partial charge in [0.05, 0.1) is 6.61 Å². The number of aliphatic carboxylic acids is 1. The quantitative estimate of drug-likeness (QED) is 0.0288. The molecule has 0 aliphatic heterocycles. The van der Waals surface area contributed by atoms with E-state index in [-0.39, 0.29) is 12.8 Å². The Labute approximate surface area is 282 Å². The van der Waals surface area contributed by atoms with E-state index in [9.17, 15) is 38.2 Å². The zero-order chi connectivity index (χ0) is 35.4. The number of ether oxygens (including phenoxy) is 2. The molecule has 4 N–H and O–H groups in total. The second-order valence-electron chi connectivity index (χ2n) is 12.5. The fraction of sp³-hybridized carbons (Fsp3) is 0.909. The summed E-state index contributed by atoms with van der Waals surface area (Å²) in [5.74, 6) is -3.43. The van der Waals surface area contributed by atoms with Crippen LogP contribution in [-0.4, -0.2) is 62.4 Å². The number of carbonyl (C=O) groups is 3. The molecular formula is C33H64O12P2. The standard InChI is InChI=1S/C33H64O12P2/c1-3-5-7-9-11-13-15-17-19-21-23-25-30(34)43-27-29(28-44-47(41,42)33(32(36)37)46(38,39)40)45-31(35)26-24-22-20-18-16-14-12-10-8-6-4-2/h29,33H,3-28H2,1-2H3,(H,36,37)(H,41,42)(H2,38,39,40)/t29-,33?/m1/s1. The lowest BCUT2D eigenvalue weighted by molar-refractivity contribution is -0.161. The van der Waals surface area contributed by atoms with Gasteiger partial charge in [-0.05, 0) is 12.8 Å². The summed E-state index contributed by atoms with van der Waals surface area (Å²) in [5, 5.41) is 6.10. The Bertz CT molecular complexity index is 923. The molecule has 0 aliphatic carbocycles. The first-order valence-electron chi connectivity index (χ1n) is 17.9. The van der Waals surface area contributed by atoms with E-state index in [4.69, 9.17) is 19.1 Å². The Balaban J connectivity index is 4.68. The number of carboxylic acid groups (broad SMARTS) is 1. The zero-order valence-corrected chi connectivity index (χ0v) is 30.8. The molecule has 0 rings (SSSR count). The van der Waals surface area contributed by atoms with Crippen molar-refractivity contribution in [1.29, 1.82) is 0 Å². The van der Waals surface area contributed by atoms with E-state index in [0.29, 0.717) is 12.8 Å². The van der Waals surface area contributed by atoms with Crippen LogP contribution >= 0.6 is 15.2 Å². The van der Waals surface area contributed by atoms with Crippen molar-refractivity contribution in [2.24, 2.45) is 0 Å². The fourth-order valence-electron chi connectivity index (χ4n) is 5.22. The maximum Gasteiger partial charge on any atom is 0.354 e. The molecule has 0 heterocycles. The van der Waals surface area contributed by atoms with Crippen LogP contribution in [-0.2, 0) is 37.5 Å². The predicted octanol–water partition coefficient (Wildman–Crippen LogP) is 8.63. The molecule has 0 aromatic carbocycles. The molecule has 47 heavy (non-hydrogen) atoms. The van der Waals surface area contributed by atoms with Crippen LogP contribution in [0.3, 0.4) is 0 Å². The van der Waals surface area contributed by atoms with Crippen molar-refractivity contribution < 1.29 is 57.3 Å². The van der Waals surface area contributed by atoms with Gasteiger partial charge in [0.15, 0.2) is 6.10 Å². The second-order valence-corrected chi connectivity index (χ2v) is 16.5. The predicted molar refractivity (Wildman–Crippen MR) is 182 cm³/mol. The van der Waals surface area contributed by atoms with E-state index in [2.05, 4.69) is 13.8 Å². The van der Waals surface area contributed by atoms with Crippen molar-refractivity contribution in [3.63, 3.8) is 0 Å². The van der Waals surface area contributed by atoms with Gasteiger partial charge in [0.1, 0.15) is 6.61 Å². The molecule has 0 aromatic rings. The van der Waals surface area contributed by atoms with Crippen LogP contribution in [0.15, 0.2) is 0 Å². The number of hydrogen-bond acceptors (Lipinski definition) is 8. The van der Waals surface area contributed by atoms with Crippen LogP contribution in [0.1, 0.15) is 168 Å². The molecule has 3 atom stereocenters. The first-order valence-corrected chi connectivity index (χ1v) is 21.3. The first-order chi connectivity index (χ1) is 22.3. The number of carboxylic acids is 1. The highest BCUT2D eigenvalue weighted by molar-refractivity contribution is 7.72. The van der Waals surface area contributed by atoms with Gasteiger partial charge < -0.3 is 33.8 Å². The molecule has 0 spiro atoms. The highest BCUT2D eigenvalue weighted by atomic mass is 31.2. The number of unbranched alkanes of at least 4 members (excludes halogenated alkanes) is 20. The topological polar surface area (TPSA) is 194 Å². The Morgan fingerprint density at radius 1 is 0.553 bits per heavy atom. The minimum Gasteiger partial charge on any atom is -0.480 e. The van der Waals surface area contributed by atoms with Gasteiger partial charge in [-0.1, -0.05) is 142 Å². The van der Waals surface area contributed by atoms with Gasteiger partial charge in [-0.25, -0.2) is 0 Å². The van der Waals surface area contributed by atoms with Crippen molar-refractivity contribution in [2.45, 2.75) is 179 Å². The summed E-state index contributed by atoms with van der Waals surface area (Å²) in [4.78, 5) is 64.7. The summed E-state index contributed by atoms with van der Waals surface area (Å²) in [6.45, 7) is 2.98. The second kappa shape index (κ2) is 28.5. The average molecular weight is 715 g/mol. The van der Waals surface area contributed by atoms with Crippen molar-refractivity contribution in [3.05, 3.63) is 0 Å². The largest absolute Gasteiger partial charge is 0.480 e. The fourth-order valence-corrected chi connectivity index (χ4v) is 8.03. The molecule has 0 radical (unpaired) electrons. The smallest absolute Gasteiger partial charge is 0.354 e. The van der Waals surface area contributed by atoms with Crippen LogP contribution in [0.25, 0.3) is 0 Å². The SMILES string of the molecule is CCCCCCCCCCCCCC(=O)OC[C@H](COP(=O)(O)C(C(=O)O)P(=O)(O)O)OC(=O)CCCCCCCCCCCCC. The summed E-state index contributed by atoms with van der Waals surface area (Å²) in [6, 6.07) is 0. The third-order valence-electron chi connectivity index (χ3n) is 7.99. The maximum atomic E-state index is 12.5. The van der Waals surface area contributed by atoms with Crippen LogP contribution in [0.5, 0.6) is 0 Å². The van der Waals surface area contributed by atoms with E-state index < -0.39 is 57.8 Å². The Kier molecular flexibility index (Phi) is 27.8. The minimum absolute atomic E-state index is 0.0528. The molecule has 0 saturated heterocycles. The third kappa shape index (κ3) is 26.3. The Morgan fingerprint density at radius 3 is 1.28 bits per heavy atom. The van der Waals surface area contributed by atoms with Gasteiger partial charge in [0.2, 0.25) is 0 Å². The molecule has 0 saturated carbocycles. The molecule has 14 heteroatoms. The third-order valence-corrected chi connectivity index (χ3v) is 12.0. The van der Waals surface area contributed by atoms with Gasteiger partial charge in [-0.3, -0.25) is 23.5 Å². The lowest BCUT2D eigenvalue weighted by Gasteiger charge is -2.23. The van der Waals surface area contributed by atoms with Gasteiger partial charge >= 0.3 is 33.1 Å². The highest BCUT2D eigenvalue weighted by Gasteiger charge is 2.51. The van der Waals surface area contributed by atoms with Gasteiger partial charge in [0.25, 0.3) is 5.40 Å². The first kappa shape index (κ1) is 45.7. The molecule has 0 aromatic heterocycles. The summed E-state index contributed by atoms with van der Waals surface area (Å²) < 4.78 is 39.2. The average Bonchev–Trinajstić information content (AvgIpc) is 2.98. The highest BCUT2D eigenvalue weighted by Crippen LogP contribution is 2.62. The maximum absolute atomic E-state index is 12.5. The number of esters is 2. The monoisotopic (exact) mass is 714 g/mol. The van der Waals surface area contributed by atoms with Crippen molar-refractivity contribution in [3.8, 4) is 0 Å². The van der Waals surface area contributed by atoms with Gasteiger partial charge in [0, 0.05) is 12.8 Å². The van der Waals surface area contributed by atoms with Crippen molar-refractivity contribution >= 4 is 33.1 Å². The normalized spacial score (nSPS) is 14.3. The summed E-state index contributed by atoms with van der Waals surface area (Å²) in [5.41, 5.74) is 0. The van der Waals surface area contributed by atoms with Crippen LogP contribution < -0.4 is 0 Å². The Hall–Kier alpha value is -1.29. The molecule has 278 valence electrons. The van der Waals surface area contributed by atoms with E-state index in [1.807, 2.05) is 0 Å². The van der Waals surface area contributed by atoms with Crippen molar-refractivity contribution in [1.82, 2.24) is 0 Å². The molecule has 0 fully saturated rings. The molecule has 0 bridgehead atoms. The molecule has 12 nitrogen and oxygen atoms in total. The van der Waals surface area contributed by atoms with Gasteiger partial charge in [-0.15, -0.1) is 0 Å². The Morgan fingerprint density at radius 2 is 0.915 bits per heavy atom. The summed E-state index contributed by atoms with van der Waals surface area (Å²) in [7, 11) is -11.0. The molecular weight excluding hydrogens is 650 g/mol. The summed E-state index contributed by atoms with van der Waals surface area (Å²) >= 11 is 0. The van der Waals surface area contributed by atoms with E-state index in [1.165, 1.54) is 83.5 Å². The molecule has 0 aliphatic rings. The summed E-state index contributed by atoms with van der Waals surface area (Å²) in [6.07, 6.45) is 23.2. The van der Waals surface area contributed by atoms with E-state index >= 15 is 0 Å². The van der Waals surface area contributed by atoms with E-state index in [0.717, 1.165) is 44.9 Å². The molecule has 2 unspecified atom stereocenters. The number of rotatable bonds is 33. The number of carbonyl (C=O) groups excluding carboxylic acids is 2. The number of hydrogen-bond donors (Lipinski definition) is 4. The van der Waals surface area contributed by atoms with Gasteiger partial charge in [-0.2, -0.15) is 0 Å². The van der Waals surface area contributed by atoms with Crippen LogP contribution in [0.2, 0.25) is 0 Å². The minimum atomic E-state index is -5.57.